The number of rotatable bonds is 4. The molecule has 0 spiro atoms. The summed E-state index contributed by atoms with van der Waals surface area (Å²) in [6, 6.07) is 3.37. The van der Waals surface area contributed by atoms with Crippen LogP contribution in [0.25, 0.3) is 11.3 Å². The van der Waals surface area contributed by atoms with Crippen LogP contribution in [-0.4, -0.2) is 33.6 Å². The van der Waals surface area contributed by atoms with E-state index in [9.17, 15) is 18.0 Å². The Labute approximate surface area is 123 Å². The van der Waals surface area contributed by atoms with Crippen LogP contribution < -0.4 is 5.32 Å². The van der Waals surface area contributed by atoms with E-state index in [0.29, 0.717) is 11.3 Å². The van der Waals surface area contributed by atoms with Gasteiger partial charge in [-0.2, -0.15) is 18.3 Å². The van der Waals surface area contributed by atoms with Crippen molar-refractivity contribution in [3.63, 3.8) is 0 Å². The number of nitrogens with zero attached hydrogens (tertiary/aromatic N) is 3. The molecule has 22 heavy (non-hydrogen) atoms. The van der Waals surface area contributed by atoms with Crippen LogP contribution in [-0.2, 0) is 18.3 Å². The van der Waals surface area contributed by atoms with Gasteiger partial charge in [0.05, 0.1) is 11.9 Å². The average Bonchev–Trinajstić information content (AvgIpc) is 2.89. The molecule has 0 aliphatic rings. The van der Waals surface area contributed by atoms with Gasteiger partial charge >= 0.3 is 12.3 Å². The Hall–Kier alpha value is -2.58. The van der Waals surface area contributed by atoms with E-state index in [1.807, 2.05) is 0 Å². The highest BCUT2D eigenvalue weighted by molar-refractivity contribution is 5.68. The van der Waals surface area contributed by atoms with Crippen molar-refractivity contribution in [2.24, 2.45) is 7.05 Å². The number of carbonyl (C=O) groups excluding carboxylic acids is 1. The molecule has 2 aromatic rings. The smallest absolute Gasteiger partial charge is 0.422 e. The fourth-order valence-corrected chi connectivity index (χ4v) is 1.75. The summed E-state index contributed by atoms with van der Waals surface area (Å²) < 4.78 is 41.5. The number of aryl methyl sites for hydroxylation is 1. The number of aromatic nitrogens is 3. The molecule has 0 saturated carbocycles. The number of ether oxygens (including phenoxy) is 1. The predicted octanol–water partition coefficient (Wildman–Crippen LogP) is 2.27. The number of alkyl carbamates (subject to hydrolysis) is 1. The summed E-state index contributed by atoms with van der Waals surface area (Å²) in [5.74, 6) is 0. The molecule has 0 radical (unpaired) electrons. The molecule has 1 amide bonds. The average molecular weight is 314 g/mol. The van der Waals surface area contributed by atoms with Gasteiger partial charge in [0.2, 0.25) is 0 Å². The van der Waals surface area contributed by atoms with E-state index in [0.717, 1.165) is 5.56 Å². The molecule has 118 valence electrons. The zero-order valence-corrected chi connectivity index (χ0v) is 11.6. The van der Waals surface area contributed by atoms with Crippen molar-refractivity contribution in [3.05, 3.63) is 36.3 Å². The van der Waals surface area contributed by atoms with E-state index in [2.05, 4.69) is 20.1 Å². The summed E-state index contributed by atoms with van der Waals surface area (Å²) in [6.07, 6.45) is -0.764. The molecule has 1 N–H and O–H groups in total. The third-order valence-electron chi connectivity index (χ3n) is 2.66. The zero-order chi connectivity index (χ0) is 16.2. The van der Waals surface area contributed by atoms with Crippen LogP contribution in [0, 0.1) is 0 Å². The Bertz CT molecular complexity index is 655. The van der Waals surface area contributed by atoms with Gasteiger partial charge in [-0.05, 0) is 11.6 Å². The lowest BCUT2D eigenvalue weighted by atomic mass is 10.1. The van der Waals surface area contributed by atoms with Gasteiger partial charge in [-0.15, -0.1) is 0 Å². The molecule has 0 bridgehead atoms. The second-order valence-electron chi connectivity index (χ2n) is 4.46. The van der Waals surface area contributed by atoms with Gasteiger partial charge in [0.25, 0.3) is 0 Å². The van der Waals surface area contributed by atoms with Crippen molar-refractivity contribution >= 4 is 6.09 Å². The minimum absolute atomic E-state index is 0.00520. The van der Waals surface area contributed by atoms with Crippen LogP contribution in [0.5, 0.6) is 0 Å². The fourth-order valence-electron chi connectivity index (χ4n) is 1.75. The van der Waals surface area contributed by atoms with Crippen LogP contribution >= 0.6 is 0 Å². The predicted molar refractivity (Wildman–Crippen MR) is 70.7 cm³/mol. The largest absolute Gasteiger partial charge is 0.440 e. The Morgan fingerprint density at radius 1 is 1.45 bits per heavy atom. The molecule has 2 aromatic heterocycles. The first-order valence-electron chi connectivity index (χ1n) is 6.25. The van der Waals surface area contributed by atoms with Gasteiger partial charge < -0.3 is 10.1 Å². The Morgan fingerprint density at radius 2 is 2.23 bits per heavy atom. The highest BCUT2D eigenvalue weighted by atomic mass is 19.4. The minimum Gasteiger partial charge on any atom is -0.440 e. The molecule has 0 unspecified atom stereocenters. The van der Waals surface area contributed by atoms with Crippen LogP contribution in [0.2, 0.25) is 0 Å². The lowest BCUT2D eigenvalue weighted by Gasteiger charge is -2.10. The minimum atomic E-state index is -4.55. The summed E-state index contributed by atoms with van der Waals surface area (Å²) in [4.78, 5) is 15.4. The molecule has 0 aliphatic carbocycles. The molecule has 2 rings (SSSR count). The number of alkyl halides is 3. The van der Waals surface area contributed by atoms with Crippen LogP contribution in [0.4, 0.5) is 18.0 Å². The molecule has 0 aliphatic heterocycles. The molecule has 6 nitrogen and oxygen atoms in total. The molecule has 0 atom stereocenters. The van der Waals surface area contributed by atoms with Crippen molar-refractivity contribution in [1.29, 1.82) is 0 Å². The number of amides is 1. The summed E-state index contributed by atoms with van der Waals surface area (Å²) in [6.45, 7) is -1.63. The van der Waals surface area contributed by atoms with E-state index >= 15 is 0 Å². The van der Waals surface area contributed by atoms with Gasteiger partial charge in [-0.1, -0.05) is 6.07 Å². The number of carbonyl (C=O) groups is 1. The fraction of sp³-hybridized carbons (Fsp3) is 0.308. The maximum absolute atomic E-state index is 11.9. The van der Waals surface area contributed by atoms with Crippen molar-refractivity contribution in [2.75, 3.05) is 6.61 Å². The molecule has 0 saturated heterocycles. The number of hydrogen-bond acceptors (Lipinski definition) is 4. The first kappa shape index (κ1) is 15.8. The van der Waals surface area contributed by atoms with E-state index in [1.165, 1.54) is 0 Å². The van der Waals surface area contributed by atoms with Crippen molar-refractivity contribution < 1.29 is 22.7 Å². The summed E-state index contributed by atoms with van der Waals surface area (Å²) in [5.41, 5.74) is 1.97. The number of hydrogen-bond donors (Lipinski definition) is 1. The maximum atomic E-state index is 11.9. The molecule has 0 fully saturated rings. The van der Waals surface area contributed by atoms with Crippen molar-refractivity contribution in [1.82, 2.24) is 20.1 Å². The second-order valence-corrected chi connectivity index (χ2v) is 4.46. The monoisotopic (exact) mass is 314 g/mol. The normalized spacial score (nSPS) is 11.3. The molecule has 9 heteroatoms. The Kier molecular flexibility index (Phi) is 4.64. The molecule has 0 aromatic carbocycles. The lowest BCUT2D eigenvalue weighted by molar-refractivity contribution is -0.160. The first-order chi connectivity index (χ1) is 10.3. The highest BCUT2D eigenvalue weighted by Crippen LogP contribution is 2.20. The molecule has 2 heterocycles. The molecular weight excluding hydrogens is 301 g/mol. The quantitative estimate of drug-likeness (QED) is 0.940. The van der Waals surface area contributed by atoms with E-state index in [-0.39, 0.29) is 6.54 Å². The lowest BCUT2D eigenvalue weighted by Crippen LogP contribution is -2.28. The van der Waals surface area contributed by atoms with Gasteiger partial charge in [0.15, 0.2) is 6.61 Å². The van der Waals surface area contributed by atoms with Crippen LogP contribution in [0.1, 0.15) is 5.56 Å². The summed E-state index contributed by atoms with van der Waals surface area (Å²) in [7, 11) is 1.75. The third kappa shape index (κ3) is 4.47. The number of pyridine rings is 1. The van der Waals surface area contributed by atoms with Crippen LogP contribution in [0.15, 0.2) is 30.7 Å². The van der Waals surface area contributed by atoms with Gasteiger partial charge in [-0.25, -0.2) is 4.79 Å². The van der Waals surface area contributed by atoms with E-state index in [4.69, 9.17) is 0 Å². The Balaban J connectivity index is 2.00. The van der Waals surface area contributed by atoms with E-state index < -0.39 is 18.9 Å². The highest BCUT2D eigenvalue weighted by Gasteiger charge is 2.29. The van der Waals surface area contributed by atoms with Crippen molar-refractivity contribution in [2.45, 2.75) is 12.7 Å². The topological polar surface area (TPSA) is 69.0 Å². The maximum Gasteiger partial charge on any atom is 0.422 e. The van der Waals surface area contributed by atoms with Crippen LogP contribution in [0.3, 0.4) is 0 Å². The third-order valence-corrected chi connectivity index (χ3v) is 2.66. The number of nitrogens with one attached hydrogen (secondary N) is 1. The Morgan fingerprint density at radius 3 is 2.86 bits per heavy atom. The van der Waals surface area contributed by atoms with Crippen molar-refractivity contribution in [3.8, 4) is 11.3 Å². The van der Waals surface area contributed by atoms with Gasteiger partial charge in [0, 0.05) is 31.5 Å². The zero-order valence-electron chi connectivity index (χ0n) is 11.6. The summed E-state index contributed by atoms with van der Waals surface area (Å²) >= 11 is 0. The van der Waals surface area contributed by atoms with Gasteiger partial charge in [0.1, 0.15) is 0 Å². The summed E-state index contributed by atoms with van der Waals surface area (Å²) in [5, 5.41) is 6.29. The standard InChI is InChI=1S/C13H13F3N4O2/c1-20-7-10(6-19-20)11-9(3-2-4-17-11)5-18-12(21)22-8-13(14,15)16/h2-4,6-7H,5,8H2,1H3,(H,18,21). The molecular formula is C13H13F3N4O2. The SMILES string of the molecule is Cn1cc(-c2ncccc2CNC(=O)OCC(F)(F)F)cn1. The van der Waals surface area contributed by atoms with Gasteiger partial charge in [-0.3, -0.25) is 9.67 Å². The van der Waals surface area contributed by atoms with E-state index in [1.54, 1.807) is 42.5 Å². The number of halogens is 3. The second kappa shape index (κ2) is 6.46. The first-order valence-corrected chi connectivity index (χ1v) is 6.25.